The van der Waals surface area contributed by atoms with Crippen molar-refractivity contribution in [3.8, 4) is 0 Å². The second kappa shape index (κ2) is 8.51. The summed E-state index contributed by atoms with van der Waals surface area (Å²) in [5, 5.41) is 7.13. The number of pyridine rings is 1. The van der Waals surface area contributed by atoms with E-state index in [9.17, 15) is 4.79 Å². The number of thiocarbonyl (C=S) groups is 1. The zero-order valence-corrected chi connectivity index (χ0v) is 19.0. The van der Waals surface area contributed by atoms with E-state index in [-0.39, 0.29) is 23.9 Å². The fourth-order valence-electron chi connectivity index (χ4n) is 3.89. The number of hydrogen-bond acceptors (Lipinski definition) is 3. The highest BCUT2D eigenvalue weighted by atomic mass is 32.1. The molecule has 0 aliphatic carbocycles. The van der Waals surface area contributed by atoms with E-state index in [0.29, 0.717) is 5.11 Å². The van der Waals surface area contributed by atoms with E-state index in [4.69, 9.17) is 12.2 Å². The molecule has 31 heavy (non-hydrogen) atoms. The number of amides is 1. The Hall–Kier alpha value is -3.19. The predicted octanol–water partition coefficient (Wildman–Crippen LogP) is 4.50. The molecule has 2 N–H and O–H groups in total. The maximum Gasteiger partial charge on any atom is 0.226 e. The second-order valence-electron chi connectivity index (χ2n) is 8.25. The van der Waals surface area contributed by atoms with Crippen molar-refractivity contribution in [2.24, 2.45) is 13.0 Å². The summed E-state index contributed by atoms with van der Waals surface area (Å²) in [5.41, 5.74) is 4.88. The molecular formula is C24H27N5OS. The van der Waals surface area contributed by atoms with Gasteiger partial charge in [-0.1, -0.05) is 19.9 Å². The number of carbonyl (C=O) groups is 1. The summed E-state index contributed by atoms with van der Waals surface area (Å²) in [6, 6.07) is 14.0. The van der Waals surface area contributed by atoms with Crippen LogP contribution < -0.4 is 15.5 Å². The zero-order valence-electron chi connectivity index (χ0n) is 18.2. The second-order valence-corrected chi connectivity index (χ2v) is 8.64. The van der Waals surface area contributed by atoms with Gasteiger partial charge in [0.1, 0.15) is 0 Å². The molecule has 0 radical (unpaired) electrons. The monoisotopic (exact) mass is 433 g/mol. The van der Waals surface area contributed by atoms with E-state index in [1.54, 1.807) is 6.20 Å². The molecule has 2 aromatic heterocycles. The van der Waals surface area contributed by atoms with Gasteiger partial charge in [-0.05, 0) is 66.7 Å². The van der Waals surface area contributed by atoms with Gasteiger partial charge >= 0.3 is 0 Å². The number of nitrogens with zero attached hydrogens (tertiary/aromatic N) is 3. The van der Waals surface area contributed by atoms with Crippen LogP contribution in [-0.4, -0.2) is 20.6 Å². The van der Waals surface area contributed by atoms with Crippen molar-refractivity contribution in [2.45, 2.75) is 32.9 Å². The van der Waals surface area contributed by atoms with Crippen LogP contribution in [0, 0.1) is 12.8 Å². The summed E-state index contributed by atoms with van der Waals surface area (Å²) in [5.74, 6) is -0.0670. The van der Waals surface area contributed by atoms with E-state index in [1.165, 1.54) is 0 Å². The molecule has 0 spiro atoms. The lowest BCUT2D eigenvalue weighted by atomic mass is 9.98. The van der Waals surface area contributed by atoms with Crippen molar-refractivity contribution in [1.82, 2.24) is 14.9 Å². The van der Waals surface area contributed by atoms with Crippen molar-refractivity contribution in [3.05, 3.63) is 77.9 Å². The Kier molecular flexibility index (Phi) is 5.78. The van der Waals surface area contributed by atoms with Crippen LogP contribution in [0.25, 0.3) is 0 Å². The van der Waals surface area contributed by atoms with Crippen LogP contribution in [0.3, 0.4) is 0 Å². The molecule has 1 aliphatic heterocycles. The van der Waals surface area contributed by atoms with Gasteiger partial charge in [-0.2, -0.15) is 0 Å². The smallest absolute Gasteiger partial charge is 0.226 e. The molecular weight excluding hydrogens is 406 g/mol. The van der Waals surface area contributed by atoms with Crippen LogP contribution in [0.1, 0.15) is 42.8 Å². The predicted molar refractivity (Wildman–Crippen MR) is 128 cm³/mol. The van der Waals surface area contributed by atoms with Crippen LogP contribution in [0.4, 0.5) is 11.4 Å². The molecule has 1 amide bonds. The third-order valence-electron chi connectivity index (χ3n) is 5.56. The molecule has 2 unspecified atom stereocenters. The lowest BCUT2D eigenvalue weighted by Gasteiger charge is -2.28. The Bertz CT molecular complexity index is 1110. The average Bonchev–Trinajstić information content (AvgIpc) is 3.32. The van der Waals surface area contributed by atoms with Gasteiger partial charge in [-0.3, -0.25) is 9.78 Å². The third-order valence-corrected chi connectivity index (χ3v) is 5.88. The number of rotatable bonds is 5. The van der Waals surface area contributed by atoms with E-state index < -0.39 is 0 Å². The molecule has 3 aromatic rings. The molecule has 1 fully saturated rings. The van der Waals surface area contributed by atoms with Crippen molar-refractivity contribution >= 4 is 34.6 Å². The fraction of sp³-hybridized carbons (Fsp3) is 0.292. The lowest BCUT2D eigenvalue weighted by Crippen LogP contribution is -2.29. The molecule has 4 rings (SSSR count). The highest BCUT2D eigenvalue weighted by Gasteiger charge is 2.41. The number of benzene rings is 1. The van der Waals surface area contributed by atoms with Gasteiger partial charge in [0, 0.05) is 42.9 Å². The van der Waals surface area contributed by atoms with Gasteiger partial charge in [-0.25, -0.2) is 0 Å². The Labute approximate surface area is 188 Å². The quantitative estimate of drug-likeness (QED) is 0.580. The van der Waals surface area contributed by atoms with Gasteiger partial charge in [0.05, 0.1) is 17.8 Å². The van der Waals surface area contributed by atoms with E-state index in [1.807, 2.05) is 68.9 Å². The Morgan fingerprint density at radius 3 is 2.65 bits per heavy atom. The summed E-state index contributed by atoms with van der Waals surface area (Å²) in [7, 11) is 2.01. The first kappa shape index (κ1) is 21.1. The number of aromatic nitrogens is 2. The van der Waals surface area contributed by atoms with Crippen LogP contribution in [0.2, 0.25) is 0 Å². The number of aryl methyl sites for hydroxylation is 2. The summed E-state index contributed by atoms with van der Waals surface area (Å²) in [6.07, 6.45) is 5.97. The van der Waals surface area contributed by atoms with E-state index in [0.717, 1.165) is 28.2 Å². The highest BCUT2D eigenvalue weighted by Crippen LogP contribution is 2.42. The molecule has 2 atom stereocenters. The first-order chi connectivity index (χ1) is 14.8. The van der Waals surface area contributed by atoms with Crippen molar-refractivity contribution in [3.63, 3.8) is 0 Å². The highest BCUT2D eigenvalue weighted by molar-refractivity contribution is 7.80. The largest absolute Gasteiger partial charge is 0.357 e. The molecule has 0 bridgehead atoms. The minimum absolute atomic E-state index is 0.00610. The topological polar surface area (TPSA) is 62.2 Å². The first-order valence-electron chi connectivity index (χ1n) is 10.4. The Morgan fingerprint density at radius 1 is 1.23 bits per heavy atom. The van der Waals surface area contributed by atoms with E-state index >= 15 is 0 Å². The van der Waals surface area contributed by atoms with Gasteiger partial charge in [-0.15, -0.1) is 0 Å². The minimum Gasteiger partial charge on any atom is -0.357 e. The van der Waals surface area contributed by atoms with Crippen molar-refractivity contribution in [1.29, 1.82) is 0 Å². The lowest BCUT2D eigenvalue weighted by molar-refractivity contribution is -0.118. The molecule has 3 heterocycles. The molecule has 1 aromatic carbocycles. The van der Waals surface area contributed by atoms with Gasteiger partial charge in [0.2, 0.25) is 5.91 Å². The van der Waals surface area contributed by atoms with Crippen molar-refractivity contribution in [2.75, 3.05) is 10.2 Å². The SMILES string of the molecule is Cc1cc(N2C(=S)NC(c3ccccn3)C2c2ccn(C)c2)ccc1NC(=O)C(C)C. The number of nitrogens with one attached hydrogen (secondary N) is 2. The number of carbonyl (C=O) groups excluding carboxylic acids is 1. The summed E-state index contributed by atoms with van der Waals surface area (Å²) < 4.78 is 2.04. The fourth-order valence-corrected chi connectivity index (χ4v) is 4.23. The van der Waals surface area contributed by atoms with Crippen LogP contribution in [0.5, 0.6) is 0 Å². The summed E-state index contributed by atoms with van der Waals surface area (Å²) >= 11 is 5.77. The summed E-state index contributed by atoms with van der Waals surface area (Å²) in [4.78, 5) is 18.9. The molecule has 1 saturated heterocycles. The Balaban J connectivity index is 1.73. The Morgan fingerprint density at radius 2 is 2.03 bits per heavy atom. The number of hydrogen-bond donors (Lipinski definition) is 2. The third kappa shape index (κ3) is 4.18. The molecule has 6 nitrogen and oxygen atoms in total. The normalized spacial score (nSPS) is 18.4. The van der Waals surface area contributed by atoms with Crippen LogP contribution >= 0.6 is 12.2 Å². The molecule has 160 valence electrons. The molecule has 0 saturated carbocycles. The zero-order chi connectivity index (χ0) is 22.1. The summed E-state index contributed by atoms with van der Waals surface area (Å²) in [6.45, 7) is 5.77. The number of anilines is 2. The van der Waals surface area contributed by atoms with Crippen LogP contribution in [0.15, 0.2) is 61.1 Å². The van der Waals surface area contributed by atoms with Crippen molar-refractivity contribution < 1.29 is 4.79 Å². The van der Waals surface area contributed by atoms with Crippen LogP contribution in [-0.2, 0) is 11.8 Å². The standard InChI is InChI=1S/C24H27N5OS/c1-15(2)23(30)26-19-9-8-18(13-16(19)3)29-22(17-10-12-28(4)14-17)21(27-24(29)31)20-7-5-6-11-25-20/h5-15,21-22H,1-4H3,(H,26,30)(H,27,31). The van der Waals surface area contributed by atoms with Gasteiger partial charge < -0.3 is 20.1 Å². The minimum atomic E-state index is -0.0731. The van der Waals surface area contributed by atoms with Gasteiger partial charge in [0.15, 0.2) is 5.11 Å². The first-order valence-corrected chi connectivity index (χ1v) is 10.8. The maximum atomic E-state index is 12.1. The maximum absolute atomic E-state index is 12.1. The van der Waals surface area contributed by atoms with Gasteiger partial charge in [0.25, 0.3) is 0 Å². The molecule has 1 aliphatic rings. The molecule has 7 heteroatoms. The average molecular weight is 434 g/mol. The van der Waals surface area contributed by atoms with E-state index in [2.05, 4.69) is 38.8 Å².